The zero-order chi connectivity index (χ0) is 13.8. The maximum atomic E-state index is 11.3. The van der Waals surface area contributed by atoms with Crippen molar-refractivity contribution in [2.24, 2.45) is 10.9 Å². The second-order valence-electron chi connectivity index (χ2n) is 4.47. The molecule has 0 aliphatic rings. The van der Waals surface area contributed by atoms with Crippen LogP contribution in [-0.2, 0) is 14.4 Å². The molecule has 0 aromatic carbocycles. The van der Waals surface area contributed by atoms with E-state index < -0.39 is 11.6 Å². The average molecular weight is 335 g/mol. The first-order valence-electron chi connectivity index (χ1n) is 5.19. The van der Waals surface area contributed by atoms with Crippen LogP contribution in [0.4, 0.5) is 0 Å². The third-order valence-corrected chi connectivity index (χ3v) is 3.30. The summed E-state index contributed by atoms with van der Waals surface area (Å²) in [6.45, 7) is 5.09. The highest BCUT2D eigenvalue weighted by atomic mass is 79.9. The Morgan fingerprint density at radius 1 is 1.56 bits per heavy atom. The van der Waals surface area contributed by atoms with Gasteiger partial charge in [0.05, 0.1) is 4.88 Å². The largest absolute Gasteiger partial charge is 0.457 e. The first-order chi connectivity index (χ1) is 8.28. The molecule has 0 unspecified atom stereocenters. The summed E-state index contributed by atoms with van der Waals surface area (Å²) in [6, 6.07) is 1.82. The lowest BCUT2D eigenvalue weighted by molar-refractivity contribution is -0.160. The third kappa shape index (κ3) is 5.50. The Hall–Kier alpha value is -1.08. The van der Waals surface area contributed by atoms with Crippen LogP contribution in [-0.4, -0.2) is 24.0 Å². The maximum Gasteiger partial charge on any atom is 0.347 e. The van der Waals surface area contributed by atoms with Crippen LogP contribution >= 0.6 is 27.3 Å². The number of nitrogens with two attached hydrogens (primary N) is 1. The van der Waals surface area contributed by atoms with E-state index in [1.165, 1.54) is 11.3 Å². The number of esters is 1. The van der Waals surface area contributed by atoms with E-state index in [9.17, 15) is 4.79 Å². The minimum Gasteiger partial charge on any atom is -0.457 e. The Balaban J connectivity index is 2.43. The van der Waals surface area contributed by atoms with Crippen molar-refractivity contribution < 1.29 is 14.4 Å². The van der Waals surface area contributed by atoms with Gasteiger partial charge >= 0.3 is 5.97 Å². The third-order valence-electron chi connectivity index (χ3n) is 1.59. The van der Waals surface area contributed by atoms with Crippen LogP contribution in [0.3, 0.4) is 0 Å². The molecule has 2 N–H and O–H groups in total. The van der Waals surface area contributed by atoms with Crippen LogP contribution in [0.15, 0.2) is 21.1 Å². The van der Waals surface area contributed by atoms with Gasteiger partial charge in [-0.3, -0.25) is 0 Å². The zero-order valence-electron chi connectivity index (χ0n) is 10.4. The molecule has 0 aliphatic carbocycles. The van der Waals surface area contributed by atoms with E-state index in [0.717, 1.165) is 9.35 Å². The number of hydrogen-bond donors (Lipinski definition) is 1. The number of hydrogen-bond acceptors (Lipinski definition) is 5. The summed E-state index contributed by atoms with van der Waals surface area (Å²) in [7, 11) is 0. The fourth-order valence-electron chi connectivity index (χ4n) is 1.02. The first-order valence-corrected chi connectivity index (χ1v) is 6.87. The van der Waals surface area contributed by atoms with Crippen LogP contribution < -0.4 is 5.73 Å². The average Bonchev–Trinajstić information content (AvgIpc) is 2.62. The normalized spacial score (nSPS) is 12.3. The van der Waals surface area contributed by atoms with Crippen molar-refractivity contribution in [1.29, 1.82) is 0 Å². The summed E-state index contributed by atoms with van der Waals surface area (Å²) in [5.74, 6) is -0.249. The van der Waals surface area contributed by atoms with Gasteiger partial charge in [0.15, 0.2) is 5.84 Å². The Morgan fingerprint density at radius 2 is 2.22 bits per heavy atom. The van der Waals surface area contributed by atoms with Crippen LogP contribution in [0.25, 0.3) is 0 Å². The van der Waals surface area contributed by atoms with Crippen molar-refractivity contribution in [2.75, 3.05) is 6.61 Å². The molecule has 5 nitrogen and oxygen atoms in total. The van der Waals surface area contributed by atoms with Crippen LogP contribution in [0, 0.1) is 0 Å². The fraction of sp³-hybridized carbons (Fsp3) is 0.455. The molecule has 0 bridgehead atoms. The van der Waals surface area contributed by atoms with E-state index in [-0.39, 0.29) is 12.4 Å². The number of thiophene rings is 1. The molecule has 1 aromatic rings. The van der Waals surface area contributed by atoms with Gasteiger partial charge in [0.1, 0.15) is 5.60 Å². The predicted octanol–water partition coefficient (Wildman–Crippen LogP) is 2.49. The summed E-state index contributed by atoms with van der Waals surface area (Å²) in [5.41, 5.74) is 5.15. The minimum absolute atomic E-state index is 0.231. The standard InChI is InChI=1S/C11H15BrN2O3S/c1-11(2,3)17-9(15)5-16-14-10(13)8-4-7(12)6-18-8/h4,6H,5H2,1-3H3,(H2,13,14). The molecular weight excluding hydrogens is 320 g/mol. The molecule has 0 amide bonds. The number of oxime groups is 1. The molecule has 1 aromatic heterocycles. The van der Waals surface area contributed by atoms with Crippen molar-refractivity contribution in [3.8, 4) is 0 Å². The van der Waals surface area contributed by atoms with Gasteiger partial charge in [0, 0.05) is 9.85 Å². The molecule has 1 rings (SSSR count). The van der Waals surface area contributed by atoms with Gasteiger partial charge in [-0.05, 0) is 42.8 Å². The van der Waals surface area contributed by atoms with E-state index in [2.05, 4.69) is 21.1 Å². The summed E-state index contributed by atoms with van der Waals surface area (Å²) >= 11 is 4.74. The molecule has 18 heavy (non-hydrogen) atoms. The van der Waals surface area contributed by atoms with E-state index in [0.29, 0.717) is 0 Å². The van der Waals surface area contributed by atoms with Crippen LogP contribution in [0.1, 0.15) is 25.6 Å². The van der Waals surface area contributed by atoms with Crippen molar-refractivity contribution in [3.05, 3.63) is 20.8 Å². The van der Waals surface area contributed by atoms with E-state index in [1.54, 1.807) is 20.8 Å². The first kappa shape index (κ1) is 15.0. The maximum absolute atomic E-state index is 11.3. The number of carbonyl (C=O) groups excluding carboxylic acids is 1. The van der Waals surface area contributed by atoms with Gasteiger partial charge in [0.25, 0.3) is 0 Å². The lowest BCUT2D eigenvalue weighted by Gasteiger charge is -2.18. The summed E-state index contributed by atoms with van der Waals surface area (Å²) < 4.78 is 5.97. The molecule has 0 atom stereocenters. The molecule has 0 fully saturated rings. The van der Waals surface area contributed by atoms with Gasteiger partial charge in [-0.2, -0.15) is 0 Å². The molecule has 0 saturated carbocycles. The lowest BCUT2D eigenvalue weighted by atomic mass is 10.2. The minimum atomic E-state index is -0.533. The zero-order valence-corrected chi connectivity index (χ0v) is 12.8. The SMILES string of the molecule is CC(C)(C)OC(=O)CO/N=C(/N)c1cc(Br)cs1. The number of amidine groups is 1. The van der Waals surface area contributed by atoms with Gasteiger partial charge in [0.2, 0.25) is 6.61 Å². The quantitative estimate of drug-likeness (QED) is 0.397. The Bertz CT molecular complexity index is 451. The number of carbonyl (C=O) groups is 1. The highest BCUT2D eigenvalue weighted by molar-refractivity contribution is 9.10. The smallest absolute Gasteiger partial charge is 0.347 e. The highest BCUT2D eigenvalue weighted by Crippen LogP contribution is 2.19. The molecule has 0 spiro atoms. The fourth-order valence-corrected chi connectivity index (χ4v) is 2.34. The number of nitrogens with zero attached hydrogens (tertiary/aromatic N) is 1. The van der Waals surface area contributed by atoms with Gasteiger partial charge < -0.3 is 15.3 Å². The molecular formula is C11H15BrN2O3S. The van der Waals surface area contributed by atoms with Gasteiger partial charge in [-0.1, -0.05) is 5.16 Å². The molecule has 7 heteroatoms. The predicted molar refractivity (Wildman–Crippen MR) is 74.5 cm³/mol. The van der Waals surface area contributed by atoms with Crippen molar-refractivity contribution in [3.63, 3.8) is 0 Å². The van der Waals surface area contributed by atoms with Crippen molar-refractivity contribution in [1.82, 2.24) is 0 Å². The monoisotopic (exact) mass is 334 g/mol. The highest BCUT2D eigenvalue weighted by Gasteiger charge is 2.16. The topological polar surface area (TPSA) is 73.9 Å². The molecule has 0 radical (unpaired) electrons. The van der Waals surface area contributed by atoms with Crippen LogP contribution in [0.5, 0.6) is 0 Å². The van der Waals surface area contributed by atoms with Crippen LogP contribution in [0.2, 0.25) is 0 Å². The molecule has 1 heterocycles. The summed E-state index contributed by atoms with van der Waals surface area (Å²) in [4.78, 5) is 16.9. The van der Waals surface area contributed by atoms with Crippen molar-refractivity contribution in [2.45, 2.75) is 26.4 Å². The van der Waals surface area contributed by atoms with Gasteiger partial charge in [-0.15, -0.1) is 11.3 Å². The summed E-state index contributed by atoms with van der Waals surface area (Å²) in [6.07, 6.45) is 0. The van der Waals surface area contributed by atoms with E-state index >= 15 is 0 Å². The second-order valence-corrected chi connectivity index (χ2v) is 6.29. The molecule has 0 saturated heterocycles. The lowest BCUT2D eigenvalue weighted by Crippen LogP contribution is -2.26. The number of halogens is 1. The van der Waals surface area contributed by atoms with E-state index in [4.69, 9.17) is 15.3 Å². The number of rotatable bonds is 4. The Morgan fingerprint density at radius 3 is 2.72 bits per heavy atom. The number of ether oxygens (including phenoxy) is 1. The molecule has 0 aliphatic heterocycles. The Labute approximate surface area is 118 Å². The second kappa shape index (κ2) is 6.19. The Kier molecular flexibility index (Phi) is 5.15. The molecule has 100 valence electrons. The van der Waals surface area contributed by atoms with Crippen molar-refractivity contribution >= 4 is 39.1 Å². The summed E-state index contributed by atoms with van der Waals surface area (Å²) in [5, 5.41) is 5.54. The van der Waals surface area contributed by atoms with Gasteiger partial charge in [-0.25, -0.2) is 4.79 Å². The van der Waals surface area contributed by atoms with E-state index in [1.807, 2.05) is 11.4 Å².